The minimum atomic E-state index is -3.93. The first-order chi connectivity index (χ1) is 13.3. The summed E-state index contributed by atoms with van der Waals surface area (Å²) in [5, 5.41) is 0. The van der Waals surface area contributed by atoms with E-state index in [-0.39, 0.29) is 27.9 Å². The molecule has 1 amide bonds. The second kappa shape index (κ2) is 7.82. The normalized spacial score (nSPS) is 11.1. The molecule has 5 nitrogen and oxygen atoms in total. The Hall–Kier alpha value is -3.19. The van der Waals surface area contributed by atoms with Crippen molar-refractivity contribution in [3.05, 3.63) is 84.2 Å². The Bertz CT molecular complexity index is 1110. The lowest BCUT2D eigenvalue weighted by molar-refractivity contribution is 0.0828. The lowest BCUT2D eigenvalue weighted by Gasteiger charge is -2.16. The number of para-hydroxylation sites is 1. The molecule has 0 heterocycles. The summed E-state index contributed by atoms with van der Waals surface area (Å²) in [6.07, 6.45) is 0. The average molecular weight is 398 g/mol. The van der Waals surface area contributed by atoms with Crippen molar-refractivity contribution in [2.24, 2.45) is 0 Å². The van der Waals surface area contributed by atoms with Crippen LogP contribution in [0.5, 0.6) is 0 Å². The quantitative estimate of drug-likeness (QED) is 0.707. The second-order valence-electron chi connectivity index (χ2n) is 6.39. The number of benzene rings is 3. The first-order valence-corrected chi connectivity index (χ1v) is 9.96. The SMILES string of the molecule is CN(C)C(=O)c1ccccc1NS(=O)(=O)c1cccc(-c2ccc(F)cc2)c1. The van der Waals surface area contributed by atoms with Gasteiger partial charge < -0.3 is 4.90 Å². The monoisotopic (exact) mass is 398 g/mol. The van der Waals surface area contributed by atoms with Crippen molar-refractivity contribution in [1.82, 2.24) is 4.90 Å². The van der Waals surface area contributed by atoms with Gasteiger partial charge in [0.15, 0.2) is 0 Å². The van der Waals surface area contributed by atoms with Crippen LogP contribution in [0, 0.1) is 5.82 Å². The van der Waals surface area contributed by atoms with Gasteiger partial charge in [0.25, 0.3) is 15.9 Å². The Morgan fingerprint density at radius 2 is 1.57 bits per heavy atom. The van der Waals surface area contributed by atoms with Crippen LogP contribution in [0.1, 0.15) is 10.4 Å². The van der Waals surface area contributed by atoms with Gasteiger partial charge in [0.05, 0.1) is 16.1 Å². The molecular formula is C21H19FN2O3S. The Morgan fingerprint density at radius 1 is 0.893 bits per heavy atom. The second-order valence-corrected chi connectivity index (χ2v) is 8.07. The molecule has 3 aromatic rings. The van der Waals surface area contributed by atoms with E-state index >= 15 is 0 Å². The standard InChI is InChI=1S/C21H19FN2O3S/c1-24(2)21(25)19-8-3-4-9-20(19)23-28(26,27)18-7-5-6-16(14-18)15-10-12-17(22)13-11-15/h3-14,23H,1-2H3. The summed E-state index contributed by atoms with van der Waals surface area (Å²) < 4.78 is 41.4. The fraction of sp³-hybridized carbons (Fsp3) is 0.0952. The van der Waals surface area contributed by atoms with Gasteiger partial charge in [0.1, 0.15) is 5.82 Å². The number of anilines is 1. The van der Waals surface area contributed by atoms with Crippen LogP contribution in [0.2, 0.25) is 0 Å². The van der Waals surface area contributed by atoms with E-state index in [4.69, 9.17) is 0 Å². The zero-order valence-electron chi connectivity index (χ0n) is 15.4. The van der Waals surface area contributed by atoms with Crippen LogP contribution < -0.4 is 4.72 Å². The highest BCUT2D eigenvalue weighted by molar-refractivity contribution is 7.92. The molecule has 0 aliphatic heterocycles. The predicted molar refractivity (Wildman–Crippen MR) is 107 cm³/mol. The number of amides is 1. The number of nitrogens with one attached hydrogen (secondary N) is 1. The number of hydrogen-bond acceptors (Lipinski definition) is 3. The van der Waals surface area contributed by atoms with Crippen LogP contribution in [0.15, 0.2) is 77.7 Å². The van der Waals surface area contributed by atoms with Gasteiger partial charge >= 0.3 is 0 Å². The molecule has 0 bridgehead atoms. The molecule has 3 aromatic carbocycles. The molecule has 0 saturated heterocycles. The van der Waals surface area contributed by atoms with Gasteiger partial charge in [-0.3, -0.25) is 9.52 Å². The molecule has 0 aromatic heterocycles. The Kier molecular flexibility index (Phi) is 5.46. The molecule has 28 heavy (non-hydrogen) atoms. The number of nitrogens with zero attached hydrogens (tertiary/aromatic N) is 1. The van der Waals surface area contributed by atoms with E-state index in [1.807, 2.05) is 0 Å². The first-order valence-electron chi connectivity index (χ1n) is 8.47. The van der Waals surface area contributed by atoms with E-state index in [9.17, 15) is 17.6 Å². The number of halogens is 1. The maximum Gasteiger partial charge on any atom is 0.261 e. The van der Waals surface area contributed by atoms with E-state index in [2.05, 4.69) is 4.72 Å². The topological polar surface area (TPSA) is 66.5 Å². The van der Waals surface area contributed by atoms with Crippen molar-refractivity contribution in [1.29, 1.82) is 0 Å². The predicted octanol–water partition coefficient (Wildman–Crippen LogP) is 4.00. The third kappa shape index (κ3) is 4.20. The van der Waals surface area contributed by atoms with E-state index in [1.54, 1.807) is 56.6 Å². The first kappa shape index (κ1) is 19.6. The van der Waals surface area contributed by atoms with Crippen LogP contribution in [0.4, 0.5) is 10.1 Å². The zero-order valence-corrected chi connectivity index (χ0v) is 16.2. The van der Waals surface area contributed by atoms with Gasteiger partial charge in [-0.1, -0.05) is 36.4 Å². The van der Waals surface area contributed by atoms with Crippen LogP contribution in [0.3, 0.4) is 0 Å². The molecule has 0 saturated carbocycles. The van der Waals surface area contributed by atoms with Crippen molar-refractivity contribution in [2.45, 2.75) is 4.90 Å². The van der Waals surface area contributed by atoms with Crippen LogP contribution in [0.25, 0.3) is 11.1 Å². The van der Waals surface area contributed by atoms with Gasteiger partial charge in [-0.25, -0.2) is 12.8 Å². The molecule has 7 heteroatoms. The molecule has 0 unspecified atom stereocenters. The lowest BCUT2D eigenvalue weighted by atomic mass is 10.1. The summed E-state index contributed by atoms with van der Waals surface area (Å²) in [5.41, 5.74) is 1.79. The molecule has 0 aliphatic rings. The van der Waals surface area contributed by atoms with Crippen LogP contribution in [-0.2, 0) is 10.0 Å². The van der Waals surface area contributed by atoms with Crippen molar-refractivity contribution in [3.63, 3.8) is 0 Å². The molecule has 0 radical (unpaired) electrons. The van der Waals surface area contributed by atoms with Gasteiger partial charge in [0, 0.05) is 14.1 Å². The highest BCUT2D eigenvalue weighted by Gasteiger charge is 2.20. The Balaban J connectivity index is 1.96. The maximum absolute atomic E-state index is 13.1. The molecule has 0 atom stereocenters. The molecule has 0 fully saturated rings. The summed E-state index contributed by atoms with van der Waals surface area (Å²) in [6, 6.07) is 18.6. The average Bonchev–Trinajstić information content (AvgIpc) is 2.68. The molecule has 1 N–H and O–H groups in total. The van der Waals surface area contributed by atoms with Crippen molar-refractivity contribution >= 4 is 21.6 Å². The fourth-order valence-electron chi connectivity index (χ4n) is 2.69. The zero-order chi connectivity index (χ0) is 20.3. The van der Waals surface area contributed by atoms with E-state index in [0.29, 0.717) is 11.1 Å². The molecular weight excluding hydrogens is 379 g/mol. The minimum absolute atomic E-state index is 0.0430. The number of carbonyl (C=O) groups excluding carboxylic acids is 1. The molecule has 144 valence electrons. The highest BCUT2D eigenvalue weighted by atomic mass is 32.2. The van der Waals surface area contributed by atoms with E-state index in [0.717, 1.165) is 0 Å². The third-order valence-corrected chi connectivity index (χ3v) is 5.49. The summed E-state index contributed by atoms with van der Waals surface area (Å²) in [6.45, 7) is 0. The summed E-state index contributed by atoms with van der Waals surface area (Å²) in [5.74, 6) is -0.672. The highest BCUT2D eigenvalue weighted by Crippen LogP contribution is 2.25. The van der Waals surface area contributed by atoms with Gasteiger partial charge in [-0.05, 0) is 47.5 Å². The summed E-state index contributed by atoms with van der Waals surface area (Å²) >= 11 is 0. The molecule has 0 aliphatic carbocycles. The fourth-order valence-corrected chi connectivity index (χ4v) is 3.81. The number of hydrogen-bond donors (Lipinski definition) is 1. The van der Waals surface area contributed by atoms with Crippen molar-refractivity contribution in [3.8, 4) is 11.1 Å². The molecule has 0 spiro atoms. The Labute approximate surface area is 163 Å². The molecule has 3 rings (SSSR count). The summed E-state index contributed by atoms with van der Waals surface area (Å²) in [4.78, 5) is 13.7. The van der Waals surface area contributed by atoms with Crippen molar-refractivity contribution < 1.29 is 17.6 Å². The van der Waals surface area contributed by atoms with E-state index in [1.165, 1.54) is 35.2 Å². The smallest absolute Gasteiger partial charge is 0.261 e. The largest absolute Gasteiger partial charge is 0.345 e. The minimum Gasteiger partial charge on any atom is -0.345 e. The Morgan fingerprint density at radius 3 is 2.25 bits per heavy atom. The number of rotatable bonds is 5. The number of sulfonamides is 1. The van der Waals surface area contributed by atoms with Gasteiger partial charge in [-0.2, -0.15) is 0 Å². The van der Waals surface area contributed by atoms with Crippen LogP contribution >= 0.6 is 0 Å². The van der Waals surface area contributed by atoms with Gasteiger partial charge in [-0.15, -0.1) is 0 Å². The number of carbonyl (C=O) groups is 1. The van der Waals surface area contributed by atoms with Crippen LogP contribution in [-0.4, -0.2) is 33.3 Å². The lowest BCUT2D eigenvalue weighted by Crippen LogP contribution is -2.24. The van der Waals surface area contributed by atoms with Gasteiger partial charge in [0.2, 0.25) is 0 Å². The summed E-state index contributed by atoms with van der Waals surface area (Å²) in [7, 11) is -0.735. The van der Waals surface area contributed by atoms with Crippen molar-refractivity contribution in [2.75, 3.05) is 18.8 Å². The van der Waals surface area contributed by atoms with E-state index < -0.39 is 10.0 Å². The third-order valence-electron chi connectivity index (χ3n) is 4.13. The maximum atomic E-state index is 13.1.